The third kappa shape index (κ3) is 3.28. The first-order valence-corrected chi connectivity index (χ1v) is 6.67. The zero-order chi connectivity index (χ0) is 13.7. The lowest BCUT2D eigenvalue weighted by atomic mass is 9.95. The summed E-state index contributed by atoms with van der Waals surface area (Å²) in [7, 11) is 1.70. The lowest BCUT2D eigenvalue weighted by Gasteiger charge is -2.25. The van der Waals surface area contributed by atoms with Gasteiger partial charge in [-0.2, -0.15) is 0 Å². The molecule has 2 nitrogen and oxygen atoms in total. The summed E-state index contributed by atoms with van der Waals surface area (Å²) >= 11 is 0. The number of methoxy groups -OCH3 is 1. The number of nitrogens with one attached hydrogen (secondary N) is 1. The van der Waals surface area contributed by atoms with Crippen molar-refractivity contribution in [2.75, 3.05) is 12.4 Å². The summed E-state index contributed by atoms with van der Waals surface area (Å²) in [6, 6.07) is 18.8. The van der Waals surface area contributed by atoms with Gasteiger partial charge in [-0.25, -0.2) is 0 Å². The van der Waals surface area contributed by atoms with E-state index >= 15 is 0 Å². The summed E-state index contributed by atoms with van der Waals surface area (Å²) in [6.07, 6.45) is 0. The van der Waals surface area contributed by atoms with E-state index in [9.17, 15) is 0 Å². The molecule has 0 heterocycles. The third-order valence-electron chi connectivity index (χ3n) is 3.24. The number of hydrogen-bond donors (Lipinski definition) is 1. The average molecular weight is 255 g/mol. The molecule has 0 fully saturated rings. The zero-order valence-electron chi connectivity index (χ0n) is 11.8. The molecule has 0 spiro atoms. The van der Waals surface area contributed by atoms with E-state index in [1.807, 2.05) is 24.3 Å². The van der Waals surface area contributed by atoms with Crippen molar-refractivity contribution in [2.24, 2.45) is 5.92 Å². The molecule has 0 aliphatic heterocycles. The predicted molar refractivity (Wildman–Crippen MR) is 80.6 cm³/mol. The molecule has 0 saturated carbocycles. The Morgan fingerprint density at radius 1 is 0.895 bits per heavy atom. The highest BCUT2D eigenvalue weighted by Crippen LogP contribution is 2.31. The van der Waals surface area contributed by atoms with E-state index in [1.54, 1.807) is 7.11 Å². The van der Waals surface area contributed by atoms with Gasteiger partial charge in [0, 0.05) is 0 Å². The molecule has 2 rings (SSSR count). The lowest BCUT2D eigenvalue weighted by molar-refractivity contribution is 0.415. The standard InChI is InChI=1S/C17H21NO/c1-13(2)17(14-9-5-4-6-10-14)18-15-11-7-8-12-16(15)19-3/h4-13,17-18H,1-3H3. The maximum atomic E-state index is 5.40. The van der Waals surface area contributed by atoms with Crippen molar-refractivity contribution in [3.05, 3.63) is 60.2 Å². The first-order valence-electron chi connectivity index (χ1n) is 6.67. The van der Waals surface area contributed by atoms with Crippen LogP contribution in [0, 0.1) is 5.92 Å². The van der Waals surface area contributed by atoms with Gasteiger partial charge in [0.05, 0.1) is 18.8 Å². The van der Waals surface area contributed by atoms with Gasteiger partial charge in [-0.1, -0.05) is 56.3 Å². The highest BCUT2D eigenvalue weighted by Gasteiger charge is 2.16. The van der Waals surface area contributed by atoms with Gasteiger partial charge in [-0.15, -0.1) is 0 Å². The first kappa shape index (κ1) is 13.5. The van der Waals surface area contributed by atoms with E-state index in [2.05, 4.69) is 49.5 Å². The van der Waals surface area contributed by atoms with Crippen LogP contribution in [0.2, 0.25) is 0 Å². The molecule has 2 aromatic rings. The van der Waals surface area contributed by atoms with Gasteiger partial charge in [0.2, 0.25) is 0 Å². The quantitative estimate of drug-likeness (QED) is 0.849. The number of hydrogen-bond acceptors (Lipinski definition) is 2. The topological polar surface area (TPSA) is 21.3 Å². The smallest absolute Gasteiger partial charge is 0.141 e. The van der Waals surface area contributed by atoms with Crippen molar-refractivity contribution in [1.82, 2.24) is 0 Å². The van der Waals surface area contributed by atoms with Gasteiger partial charge in [-0.05, 0) is 23.6 Å². The van der Waals surface area contributed by atoms with Gasteiger partial charge < -0.3 is 10.1 Å². The van der Waals surface area contributed by atoms with Crippen LogP contribution in [0.25, 0.3) is 0 Å². The molecule has 2 aromatic carbocycles. The fraction of sp³-hybridized carbons (Fsp3) is 0.294. The number of anilines is 1. The Morgan fingerprint density at radius 2 is 1.53 bits per heavy atom. The number of benzene rings is 2. The fourth-order valence-electron chi connectivity index (χ4n) is 2.23. The molecule has 1 unspecified atom stereocenters. The molecule has 100 valence electrons. The van der Waals surface area contributed by atoms with E-state index < -0.39 is 0 Å². The Labute approximate surface area is 115 Å². The second kappa shape index (κ2) is 6.28. The zero-order valence-corrected chi connectivity index (χ0v) is 11.8. The van der Waals surface area contributed by atoms with Crippen LogP contribution < -0.4 is 10.1 Å². The summed E-state index contributed by atoms with van der Waals surface area (Å²) in [5, 5.41) is 3.59. The summed E-state index contributed by atoms with van der Waals surface area (Å²) < 4.78 is 5.40. The van der Waals surface area contributed by atoms with Crippen LogP contribution in [0.1, 0.15) is 25.5 Å². The van der Waals surface area contributed by atoms with Gasteiger partial charge >= 0.3 is 0 Å². The summed E-state index contributed by atoms with van der Waals surface area (Å²) in [5.74, 6) is 1.37. The van der Waals surface area contributed by atoms with Crippen LogP contribution in [0.15, 0.2) is 54.6 Å². The second-order valence-corrected chi connectivity index (χ2v) is 4.98. The summed E-state index contributed by atoms with van der Waals surface area (Å²) in [4.78, 5) is 0. The lowest BCUT2D eigenvalue weighted by Crippen LogP contribution is -2.17. The molecule has 1 N–H and O–H groups in total. The normalized spacial score (nSPS) is 12.2. The minimum atomic E-state index is 0.275. The number of rotatable bonds is 5. The van der Waals surface area contributed by atoms with Gasteiger partial charge in [0.1, 0.15) is 5.75 Å². The first-order chi connectivity index (χ1) is 9.22. The second-order valence-electron chi connectivity index (χ2n) is 4.98. The van der Waals surface area contributed by atoms with E-state index in [4.69, 9.17) is 4.74 Å². The Hall–Kier alpha value is -1.96. The fourth-order valence-corrected chi connectivity index (χ4v) is 2.23. The SMILES string of the molecule is COc1ccccc1NC(c1ccccc1)C(C)C. The van der Waals surface area contributed by atoms with Crippen LogP contribution in [-0.4, -0.2) is 7.11 Å². The van der Waals surface area contributed by atoms with E-state index in [0.717, 1.165) is 11.4 Å². The largest absolute Gasteiger partial charge is 0.495 e. The molecule has 0 aromatic heterocycles. The van der Waals surface area contributed by atoms with E-state index in [1.165, 1.54) is 5.56 Å². The summed E-state index contributed by atoms with van der Waals surface area (Å²) in [5.41, 5.74) is 2.33. The molecular weight excluding hydrogens is 234 g/mol. The van der Waals surface area contributed by atoms with Gasteiger partial charge in [0.25, 0.3) is 0 Å². The molecule has 0 bridgehead atoms. The number of para-hydroxylation sites is 2. The maximum absolute atomic E-state index is 5.40. The number of ether oxygens (including phenoxy) is 1. The molecule has 0 aliphatic carbocycles. The van der Waals surface area contributed by atoms with Crippen LogP contribution in [0.5, 0.6) is 5.75 Å². The third-order valence-corrected chi connectivity index (χ3v) is 3.24. The minimum Gasteiger partial charge on any atom is -0.495 e. The monoisotopic (exact) mass is 255 g/mol. The minimum absolute atomic E-state index is 0.275. The van der Waals surface area contributed by atoms with Crippen molar-refractivity contribution in [3.63, 3.8) is 0 Å². The van der Waals surface area contributed by atoms with E-state index in [0.29, 0.717) is 5.92 Å². The summed E-state index contributed by atoms with van der Waals surface area (Å²) in [6.45, 7) is 4.44. The molecule has 19 heavy (non-hydrogen) atoms. The highest BCUT2D eigenvalue weighted by atomic mass is 16.5. The Kier molecular flexibility index (Phi) is 4.45. The van der Waals surface area contributed by atoms with Gasteiger partial charge in [-0.3, -0.25) is 0 Å². The molecule has 1 atom stereocenters. The van der Waals surface area contributed by atoms with Crippen LogP contribution in [-0.2, 0) is 0 Å². The molecule has 0 saturated heterocycles. The van der Waals surface area contributed by atoms with Crippen LogP contribution in [0.3, 0.4) is 0 Å². The molecular formula is C17H21NO. The average Bonchev–Trinajstić information content (AvgIpc) is 2.45. The predicted octanol–water partition coefficient (Wildman–Crippen LogP) is 4.50. The van der Waals surface area contributed by atoms with Crippen molar-refractivity contribution in [2.45, 2.75) is 19.9 Å². The Morgan fingerprint density at radius 3 is 2.16 bits per heavy atom. The van der Waals surface area contributed by atoms with Crippen molar-refractivity contribution in [3.8, 4) is 5.75 Å². The Balaban J connectivity index is 2.27. The van der Waals surface area contributed by atoms with Crippen molar-refractivity contribution >= 4 is 5.69 Å². The highest BCUT2D eigenvalue weighted by molar-refractivity contribution is 5.57. The molecule has 0 radical (unpaired) electrons. The van der Waals surface area contributed by atoms with Crippen LogP contribution >= 0.6 is 0 Å². The van der Waals surface area contributed by atoms with Crippen LogP contribution in [0.4, 0.5) is 5.69 Å². The van der Waals surface area contributed by atoms with Crippen molar-refractivity contribution < 1.29 is 4.74 Å². The molecule has 0 amide bonds. The molecule has 0 aliphatic rings. The Bertz CT molecular complexity index is 508. The van der Waals surface area contributed by atoms with Gasteiger partial charge in [0.15, 0.2) is 0 Å². The van der Waals surface area contributed by atoms with E-state index in [-0.39, 0.29) is 6.04 Å². The van der Waals surface area contributed by atoms with Crippen molar-refractivity contribution in [1.29, 1.82) is 0 Å². The maximum Gasteiger partial charge on any atom is 0.141 e. The molecule has 2 heteroatoms.